The van der Waals surface area contributed by atoms with Gasteiger partial charge in [0.05, 0.1) is 0 Å². The van der Waals surface area contributed by atoms with Crippen molar-refractivity contribution in [2.75, 3.05) is 36.8 Å². The first kappa shape index (κ1) is 13.1. The Hall–Kier alpha value is -1.91. The molecule has 1 saturated carbocycles. The van der Waals surface area contributed by atoms with Crippen LogP contribution in [0.3, 0.4) is 0 Å². The number of hydrogen-bond donors (Lipinski definition) is 2. The molecule has 1 aromatic rings. The topological polar surface area (TPSA) is 61.6 Å². The quantitative estimate of drug-likeness (QED) is 0.806. The van der Waals surface area contributed by atoms with Crippen LogP contribution in [-0.2, 0) is 0 Å². The van der Waals surface area contributed by atoms with Gasteiger partial charge in [0.2, 0.25) is 0 Å². The van der Waals surface area contributed by atoms with E-state index in [4.69, 9.17) is 5.73 Å². The zero-order chi connectivity index (χ0) is 13.9. The Labute approximate surface area is 119 Å². The average Bonchev–Trinajstić information content (AvgIpc) is 2.44. The van der Waals surface area contributed by atoms with Crippen molar-refractivity contribution in [3.05, 3.63) is 24.3 Å². The zero-order valence-electron chi connectivity index (χ0n) is 11.7. The molecule has 0 spiro atoms. The number of carbonyl (C=O) groups excluding carboxylic acids is 1. The van der Waals surface area contributed by atoms with Crippen molar-refractivity contribution in [3.8, 4) is 0 Å². The van der Waals surface area contributed by atoms with Crippen LogP contribution in [0.5, 0.6) is 0 Å². The van der Waals surface area contributed by atoms with Crippen molar-refractivity contribution in [2.45, 2.75) is 25.3 Å². The molecular formula is C15H22N4O. The molecule has 108 valence electrons. The molecule has 1 aromatic carbocycles. The average molecular weight is 274 g/mol. The molecule has 0 bridgehead atoms. The number of nitrogen functional groups attached to an aromatic ring is 1. The lowest BCUT2D eigenvalue weighted by Gasteiger charge is -2.37. The van der Waals surface area contributed by atoms with Crippen molar-refractivity contribution in [2.24, 2.45) is 0 Å². The van der Waals surface area contributed by atoms with E-state index in [1.807, 2.05) is 29.2 Å². The Morgan fingerprint density at radius 3 is 2.30 bits per heavy atom. The van der Waals surface area contributed by atoms with E-state index in [2.05, 4.69) is 10.2 Å². The number of anilines is 2. The van der Waals surface area contributed by atoms with Gasteiger partial charge in [0, 0.05) is 43.6 Å². The number of hydrogen-bond acceptors (Lipinski definition) is 3. The third kappa shape index (κ3) is 2.81. The number of amides is 2. The summed E-state index contributed by atoms with van der Waals surface area (Å²) in [4.78, 5) is 16.3. The van der Waals surface area contributed by atoms with Crippen LogP contribution >= 0.6 is 0 Å². The van der Waals surface area contributed by atoms with Crippen LogP contribution in [-0.4, -0.2) is 43.2 Å². The molecule has 1 aliphatic carbocycles. The first-order valence-corrected chi connectivity index (χ1v) is 7.38. The fourth-order valence-electron chi connectivity index (χ4n) is 2.67. The van der Waals surface area contributed by atoms with Gasteiger partial charge in [0.1, 0.15) is 0 Å². The Bertz CT molecular complexity index is 461. The molecule has 3 N–H and O–H groups in total. The molecule has 0 radical (unpaired) electrons. The van der Waals surface area contributed by atoms with E-state index in [1.54, 1.807) is 0 Å². The highest BCUT2D eigenvalue weighted by atomic mass is 16.2. The third-order valence-electron chi connectivity index (χ3n) is 4.26. The summed E-state index contributed by atoms with van der Waals surface area (Å²) < 4.78 is 0. The van der Waals surface area contributed by atoms with E-state index in [0.717, 1.165) is 44.7 Å². The summed E-state index contributed by atoms with van der Waals surface area (Å²) in [6.45, 7) is 3.32. The molecular weight excluding hydrogens is 252 g/mol. The third-order valence-corrected chi connectivity index (χ3v) is 4.26. The van der Waals surface area contributed by atoms with E-state index >= 15 is 0 Å². The summed E-state index contributed by atoms with van der Waals surface area (Å²) in [6, 6.07) is 8.44. The summed E-state index contributed by atoms with van der Waals surface area (Å²) in [5.74, 6) is 0. The van der Waals surface area contributed by atoms with Gasteiger partial charge >= 0.3 is 6.03 Å². The van der Waals surface area contributed by atoms with Crippen LogP contribution in [0.1, 0.15) is 19.3 Å². The molecule has 3 rings (SSSR count). The standard InChI is InChI=1S/C15H22N4O/c16-12-4-6-14(7-5-12)18-8-10-19(11-9-18)15(20)17-13-2-1-3-13/h4-7,13H,1-3,8-11,16H2,(H,17,20). The van der Waals surface area contributed by atoms with E-state index in [1.165, 1.54) is 12.1 Å². The highest BCUT2D eigenvalue weighted by Gasteiger charge is 2.25. The molecule has 1 aliphatic heterocycles. The largest absolute Gasteiger partial charge is 0.399 e. The minimum atomic E-state index is 0.103. The van der Waals surface area contributed by atoms with Gasteiger partial charge in [0.15, 0.2) is 0 Å². The second-order valence-corrected chi connectivity index (χ2v) is 5.64. The smallest absolute Gasteiger partial charge is 0.317 e. The van der Waals surface area contributed by atoms with Gasteiger partial charge in [-0.2, -0.15) is 0 Å². The van der Waals surface area contributed by atoms with Crippen LogP contribution in [0, 0.1) is 0 Å². The van der Waals surface area contributed by atoms with Crippen LogP contribution < -0.4 is 16.0 Å². The summed E-state index contributed by atoms with van der Waals surface area (Å²) >= 11 is 0. The zero-order valence-corrected chi connectivity index (χ0v) is 11.7. The second kappa shape index (κ2) is 5.61. The van der Waals surface area contributed by atoms with Gasteiger partial charge in [0.25, 0.3) is 0 Å². The van der Waals surface area contributed by atoms with Gasteiger partial charge in [-0.25, -0.2) is 4.79 Å². The highest BCUT2D eigenvalue weighted by Crippen LogP contribution is 2.20. The van der Waals surface area contributed by atoms with Gasteiger partial charge in [-0.15, -0.1) is 0 Å². The molecule has 1 saturated heterocycles. The van der Waals surface area contributed by atoms with Crippen LogP contribution in [0.2, 0.25) is 0 Å². The van der Waals surface area contributed by atoms with Gasteiger partial charge in [-0.05, 0) is 43.5 Å². The highest BCUT2D eigenvalue weighted by molar-refractivity contribution is 5.75. The number of carbonyl (C=O) groups is 1. The minimum absolute atomic E-state index is 0.103. The van der Waals surface area contributed by atoms with E-state index in [0.29, 0.717) is 6.04 Å². The lowest BCUT2D eigenvalue weighted by atomic mass is 9.93. The molecule has 5 nitrogen and oxygen atoms in total. The number of nitrogens with one attached hydrogen (secondary N) is 1. The number of rotatable bonds is 2. The van der Waals surface area contributed by atoms with Crippen LogP contribution in [0.15, 0.2) is 24.3 Å². The molecule has 2 amide bonds. The maximum absolute atomic E-state index is 12.1. The van der Waals surface area contributed by atoms with Crippen molar-refractivity contribution >= 4 is 17.4 Å². The van der Waals surface area contributed by atoms with Crippen molar-refractivity contribution < 1.29 is 4.79 Å². The Morgan fingerprint density at radius 1 is 1.10 bits per heavy atom. The first-order valence-electron chi connectivity index (χ1n) is 7.38. The summed E-state index contributed by atoms with van der Waals surface area (Å²) in [6.07, 6.45) is 3.52. The maximum Gasteiger partial charge on any atom is 0.317 e. The van der Waals surface area contributed by atoms with E-state index in [9.17, 15) is 4.79 Å². The number of nitrogens with zero attached hydrogens (tertiary/aromatic N) is 2. The van der Waals surface area contributed by atoms with Gasteiger partial charge < -0.3 is 20.9 Å². The fourth-order valence-corrected chi connectivity index (χ4v) is 2.67. The minimum Gasteiger partial charge on any atom is -0.399 e. The SMILES string of the molecule is Nc1ccc(N2CCN(C(=O)NC3CCC3)CC2)cc1. The number of urea groups is 1. The molecule has 5 heteroatoms. The summed E-state index contributed by atoms with van der Waals surface area (Å²) in [7, 11) is 0. The Morgan fingerprint density at radius 2 is 1.75 bits per heavy atom. The Balaban J connectivity index is 1.51. The van der Waals surface area contributed by atoms with Crippen LogP contribution in [0.4, 0.5) is 16.2 Å². The Kier molecular flexibility index (Phi) is 3.67. The predicted octanol–water partition coefficient (Wildman–Crippen LogP) is 1.65. The molecule has 20 heavy (non-hydrogen) atoms. The molecule has 2 aliphatic rings. The van der Waals surface area contributed by atoms with E-state index in [-0.39, 0.29) is 6.03 Å². The normalized spacial score (nSPS) is 19.6. The van der Waals surface area contributed by atoms with Gasteiger partial charge in [-0.1, -0.05) is 0 Å². The monoisotopic (exact) mass is 274 g/mol. The molecule has 2 fully saturated rings. The first-order chi connectivity index (χ1) is 9.72. The predicted molar refractivity (Wildman–Crippen MR) is 80.8 cm³/mol. The van der Waals surface area contributed by atoms with Crippen molar-refractivity contribution in [1.82, 2.24) is 10.2 Å². The van der Waals surface area contributed by atoms with Crippen molar-refractivity contribution in [1.29, 1.82) is 0 Å². The van der Waals surface area contributed by atoms with Crippen molar-refractivity contribution in [3.63, 3.8) is 0 Å². The maximum atomic E-state index is 12.1. The number of benzene rings is 1. The lowest BCUT2D eigenvalue weighted by molar-refractivity contribution is 0.183. The molecule has 0 atom stereocenters. The summed E-state index contributed by atoms with van der Waals surface area (Å²) in [5.41, 5.74) is 7.67. The molecule has 1 heterocycles. The fraction of sp³-hybridized carbons (Fsp3) is 0.533. The number of nitrogens with two attached hydrogens (primary N) is 1. The molecule has 0 aromatic heterocycles. The second-order valence-electron chi connectivity index (χ2n) is 5.64. The van der Waals surface area contributed by atoms with E-state index < -0.39 is 0 Å². The molecule has 0 unspecified atom stereocenters. The summed E-state index contributed by atoms with van der Waals surface area (Å²) in [5, 5.41) is 3.10. The lowest BCUT2D eigenvalue weighted by Crippen LogP contribution is -2.54. The van der Waals surface area contributed by atoms with Gasteiger partial charge in [-0.3, -0.25) is 0 Å². The number of piperazine rings is 1. The van der Waals surface area contributed by atoms with Crippen LogP contribution in [0.25, 0.3) is 0 Å².